The molecule has 2 aromatic rings. The van der Waals surface area contributed by atoms with Crippen molar-refractivity contribution in [3.05, 3.63) is 21.2 Å². The fourth-order valence-electron chi connectivity index (χ4n) is 1.78. The normalized spacial score (nSPS) is 14.0. The number of nitrogens with zero attached hydrogens (tertiary/aromatic N) is 3. The average Bonchev–Trinajstić information content (AvgIpc) is 3.00. The molecule has 0 bridgehead atoms. The number of halogens is 7. The number of aromatic nitrogens is 3. The predicted molar refractivity (Wildman–Crippen MR) is 79.7 cm³/mol. The first kappa shape index (κ1) is 20.3. The van der Waals surface area contributed by atoms with Crippen LogP contribution in [0, 0.1) is 0 Å². The highest BCUT2D eigenvalue weighted by molar-refractivity contribution is 9.11. The zero-order valence-electron chi connectivity index (χ0n) is 12.1. The van der Waals surface area contributed by atoms with Crippen LogP contribution in [-0.2, 0) is 30.2 Å². The van der Waals surface area contributed by atoms with Gasteiger partial charge in [0.05, 0.1) is 15.5 Å². The van der Waals surface area contributed by atoms with Gasteiger partial charge in [0.25, 0.3) is 0 Å². The van der Waals surface area contributed by atoms with Crippen molar-refractivity contribution in [3.8, 4) is 5.88 Å². The zero-order chi connectivity index (χ0) is 19.0. The molecule has 0 aromatic carbocycles. The van der Waals surface area contributed by atoms with Crippen molar-refractivity contribution in [2.75, 3.05) is 6.61 Å². The van der Waals surface area contributed by atoms with Crippen LogP contribution in [0.5, 0.6) is 5.88 Å². The standard InChI is InChI=1S/C11H8BrF6N3O2S2/c1-21-8(23-4-10(13,14)15)5(7(20-21)11(16,17)18)3-25(22)9-19-2-6(12)24-9/h2H,3-4H2,1H3. The lowest BCUT2D eigenvalue weighted by molar-refractivity contribution is -0.154. The highest BCUT2D eigenvalue weighted by Crippen LogP contribution is 2.38. The van der Waals surface area contributed by atoms with Crippen LogP contribution in [-0.4, -0.2) is 32.1 Å². The molecule has 5 nitrogen and oxygen atoms in total. The quantitative estimate of drug-likeness (QED) is 0.489. The van der Waals surface area contributed by atoms with E-state index in [0.717, 1.165) is 18.4 Å². The molecular formula is C11H8BrF6N3O2S2. The second kappa shape index (κ2) is 7.32. The summed E-state index contributed by atoms with van der Waals surface area (Å²) in [6.45, 7) is -1.80. The Balaban J connectivity index is 2.38. The van der Waals surface area contributed by atoms with Crippen molar-refractivity contribution < 1.29 is 35.6 Å². The summed E-state index contributed by atoms with van der Waals surface area (Å²) in [5, 5.41) is 3.17. The molecule has 0 N–H and O–H groups in total. The molecule has 0 amide bonds. The maximum absolute atomic E-state index is 13.1. The Morgan fingerprint density at radius 1 is 1.32 bits per heavy atom. The number of thiazole rings is 1. The summed E-state index contributed by atoms with van der Waals surface area (Å²) in [7, 11) is 1.01. The molecule has 2 heterocycles. The van der Waals surface area contributed by atoms with Crippen LogP contribution < -0.4 is 4.74 Å². The molecule has 0 aliphatic rings. The summed E-state index contributed by atoms with van der Waals surface area (Å²) in [6.07, 6.45) is -8.38. The summed E-state index contributed by atoms with van der Waals surface area (Å²) in [5.74, 6) is -1.48. The van der Waals surface area contributed by atoms with E-state index in [-0.39, 0.29) is 4.34 Å². The first-order valence-electron chi connectivity index (χ1n) is 6.21. The molecule has 0 radical (unpaired) electrons. The van der Waals surface area contributed by atoms with Gasteiger partial charge < -0.3 is 9.29 Å². The topological polar surface area (TPSA) is 63.0 Å². The van der Waals surface area contributed by atoms with Crippen LogP contribution in [0.1, 0.15) is 11.3 Å². The Morgan fingerprint density at radius 2 is 1.96 bits per heavy atom. The van der Waals surface area contributed by atoms with Gasteiger partial charge in [-0.25, -0.2) is 4.68 Å². The number of hydrogen-bond donors (Lipinski definition) is 0. The molecule has 0 saturated heterocycles. The van der Waals surface area contributed by atoms with Crippen molar-refractivity contribution in [3.63, 3.8) is 0 Å². The lowest BCUT2D eigenvalue weighted by Crippen LogP contribution is -2.21. The average molecular weight is 472 g/mol. The maximum atomic E-state index is 13.1. The van der Waals surface area contributed by atoms with E-state index in [1.807, 2.05) is 0 Å². The third kappa shape index (κ3) is 5.24. The molecule has 0 fully saturated rings. The molecule has 25 heavy (non-hydrogen) atoms. The van der Waals surface area contributed by atoms with Gasteiger partial charge in [-0.2, -0.15) is 36.4 Å². The smallest absolute Gasteiger partial charge is 0.435 e. The first-order chi connectivity index (χ1) is 11.4. The van der Waals surface area contributed by atoms with Crippen LogP contribution in [0.3, 0.4) is 0 Å². The summed E-state index contributed by atoms with van der Waals surface area (Å²) in [6, 6.07) is 0. The van der Waals surface area contributed by atoms with Gasteiger partial charge in [-0.15, -0.1) is 0 Å². The largest absolute Gasteiger partial charge is 0.609 e. The van der Waals surface area contributed by atoms with E-state index in [1.165, 1.54) is 6.20 Å². The minimum Gasteiger partial charge on any atom is -0.609 e. The van der Waals surface area contributed by atoms with Crippen molar-refractivity contribution in [2.24, 2.45) is 7.05 Å². The maximum Gasteiger partial charge on any atom is 0.435 e. The van der Waals surface area contributed by atoms with Crippen LogP contribution in [0.15, 0.2) is 14.3 Å². The molecule has 2 aromatic heterocycles. The molecule has 140 valence electrons. The number of rotatable bonds is 5. The first-order valence-corrected chi connectivity index (χ1v) is 9.13. The number of ether oxygens (including phenoxy) is 1. The molecule has 0 aliphatic heterocycles. The van der Waals surface area contributed by atoms with Gasteiger partial charge in [0.1, 0.15) is 5.75 Å². The predicted octanol–water partition coefficient (Wildman–Crippen LogP) is 3.91. The summed E-state index contributed by atoms with van der Waals surface area (Å²) in [4.78, 5) is 3.77. The van der Waals surface area contributed by atoms with Crippen LogP contribution >= 0.6 is 27.3 Å². The molecule has 1 atom stereocenters. The second-order valence-electron chi connectivity index (χ2n) is 4.58. The van der Waals surface area contributed by atoms with Crippen molar-refractivity contribution in [2.45, 2.75) is 22.4 Å². The van der Waals surface area contributed by atoms with Gasteiger partial charge in [0, 0.05) is 18.2 Å². The minimum atomic E-state index is -4.94. The number of hydrogen-bond acceptors (Lipinski definition) is 5. The Bertz CT molecular complexity index is 745. The van der Waals surface area contributed by atoms with Gasteiger partial charge in [-0.3, -0.25) is 0 Å². The van der Waals surface area contributed by atoms with Crippen LogP contribution in [0.25, 0.3) is 0 Å². The van der Waals surface area contributed by atoms with E-state index >= 15 is 0 Å². The molecule has 0 spiro atoms. The van der Waals surface area contributed by atoms with E-state index in [9.17, 15) is 30.9 Å². The van der Waals surface area contributed by atoms with E-state index in [2.05, 4.69) is 30.7 Å². The van der Waals surface area contributed by atoms with Crippen molar-refractivity contribution >= 4 is 38.4 Å². The van der Waals surface area contributed by atoms with Gasteiger partial charge in [0.15, 0.2) is 12.3 Å². The van der Waals surface area contributed by atoms with E-state index in [0.29, 0.717) is 8.47 Å². The van der Waals surface area contributed by atoms with E-state index in [4.69, 9.17) is 0 Å². The molecule has 0 saturated carbocycles. The monoisotopic (exact) mass is 471 g/mol. The summed E-state index contributed by atoms with van der Waals surface area (Å²) < 4.78 is 94.0. The molecule has 14 heteroatoms. The van der Waals surface area contributed by atoms with Gasteiger partial charge in [-0.05, 0) is 15.9 Å². The van der Waals surface area contributed by atoms with Gasteiger partial charge in [0.2, 0.25) is 5.88 Å². The molecule has 1 unspecified atom stereocenters. The van der Waals surface area contributed by atoms with Crippen molar-refractivity contribution in [1.29, 1.82) is 0 Å². The Morgan fingerprint density at radius 3 is 2.44 bits per heavy atom. The molecular weight excluding hydrogens is 464 g/mol. The SMILES string of the molecule is Cn1nc(C(F)(F)F)c(C[S+]([O-])c2ncc(Br)s2)c1OCC(F)(F)F. The van der Waals surface area contributed by atoms with E-state index in [1.54, 1.807) is 0 Å². The Hall–Kier alpha value is -0.990. The van der Waals surface area contributed by atoms with Crippen molar-refractivity contribution in [1.82, 2.24) is 14.8 Å². The van der Waals surface area contributed by atoms with Gasteiger partial charge >= 0.3 is 16.7 Å². The fourth-order valence-corrected chi connectivity index (χ4v) is 4.67. The van der Waals surface area contributed by atoms with Gasteiger partial charge in [-0.1, -0.05) is 11.3 Å². The lowest BCUT2D eigenvalue weighted by Gasteiger charge is -2.13. The molecule has 0 aliphatic carbocycles. The summed E-state index contributed by atoms with van der Waals surface area (Å²) >= 11 is 1.99. The number of aryl methyl sites for hydroxylation is 1. The minimum absolute atomic E-state index is 0.0191. The number of alkyl halides is 6. The van der Waals surface area contributed by atoms with Crippen LogP contribution in [0.2, 0.25) is 0 Å². The van der Waals surface area contributed by atoms with E-state index < -0.39 is 53.0 Å². The van der Waals surface area contributed by atoms with Crippen LogP contribution in [0.4, 0.5) is 26.3 Å². The highest BCUT2D eigenvalue weighted by Gasteiger charge is 2.42. The second-order valence-corrected chi connectivity index (χ2v) is 8.61. The zero-order valence-corrected chi connectivity index (χ0v) is 15.3. The molecule has 2 rings (SSSR count). The highest BCUT2D eigenvalue weighted by atomic mass is 79.9. The Labute approximate surface area is 152 Å². The third-order valence-electron chi connectivity index (χ3n) is 2.66. The fraction of sp³-hybridized carbons (Fsp3) is 0.455. The third-order valence-corrected chi connectivity index (χ3v) is 5.78. The lowest BCUT2D eigenvalue weighted by atomic mass is 10.2. The summed E-state index contributed by atoms with van der Waals surface area (Å²) in [5.41, 5.74) is -2.17. The Kier molecular flexibility index (Phi) is 5.95.